The molecule has 1 aromatic carbocycles. The molecule has 1 unspecified atom stereocenters. The molecule has 1 aliphatic rings. The van der Waals surface area contributed by atoms with E-state index in [9.17, 15) is 0 Å². The number of methoxy groups -OCH3 is 2. The van der Waals surface area contributed by atoms with Crippen molar-refractivity contribution >= 4 is 28.2 Å². The van der Waals surface area contributed by atoms with Crippen LogP contribution in [0.25, 0.3) is 22.0 Å². The summed E-state index contributed by atoms with van der Waals surface area (Å²) in [6.07, 6.45) is 3.82. The molecule has 0 bridgehead atoms. The van der Waals surface area contributed by atoms with Gasteiger partial charge in [0.2, 0.25) is 0 Å². The SMILES string of the molecule is COc1cc(OC)c(F)c(-c2cc3cnc(Cl)cc3c(NCC3CCCO3)n2)c1. The van der Waals surface area contributed by atoms with Gasteiger partial charge in [-0.25, -0.2) is 14.4 Å². The summed E-state index contributed by atoms with van der Waals surface area (Å²) in [7, 11) is 2.93. The molecule has 0 spiro atoms. The maximum atomic E-state index is 15.0. The first kappa shape index (κ1) is 19.7. The molecule has 0 aliphatic carbocycles. The van der Waals surface area contributed by atoms with Crippen molar-refractivity contribution in [2.45, 2.75) is 18.9 Å². The number of hydrogen-bond acceptors (Lipinski definition) is 6. The smallest absolute Gasteiger partial charge is 0.174 e. The van der Waals surface area contributed by atoms with Crippen LogP contribution in [0.3, 0.4) is 0 Å². The summed E-state index contributed by atoms with van der Waals surface area (Å²) in [4.78, 5) is 8.83. The summed E-state index contributed by atoms with van der Waals surface area (Å²) in [5.41, 5.74) is 0.712. The van der Waals surface area contributed by atoms with Crippen LogP contribution in [-0.2, 0) is 4.74 Å². The fourth-order valence-electron chi connectivity index (χ4n) is 3.43. The molecule has 8 heteroatoms. The number of nitrogens with zero attached hydrogens (tertiary/aromatic N) is 2. The number of pyridine rings is 2. The summed E-state index contributed by atoms with van der Waals surface area (Å²) in [6, 6.07) is 6.61. The maximum Gasteiger partial charge on any atom is 0.174 e. The first-order chi connectivity index (χ1) is 14.1. The van der Waals surface area contributed by atoms with Crippen LogP contribution in [0.5, 0.6) is 11.5 Å². The number of hydrogen-bond donors (Lipinski definition) is 1. The minimum atomic E-state index is -0.507. The lowest BCUT2D eigenvalue weighted by Crippen LogP contribution is -2.19. The van der Waals surface area contributed by atoms with Crippen LogP contribution in [0.15, 0.2) is 30.5 Å². The Hall–Kier alpha value is -2.64. The van der Waals surface area contributed by atoms with E-state index in [2.05, 4.69) is 15.3 Å². The standard InChI is InChI=1S/C21H21ClFN3O3/c1-27-14-7-16(20(23)18(8-14)28-2)17-6-12-10-24-19(22)9-15(12)21(26-17)25-11-13-4-3-5-29-13/h6-10,13H,3-5,11H2,1-2H3,(H,25,26). The van der Waals surface area contributed by atoms with Crippen molar-refractivity contribution in [3.63, 3.8) is 0 Å². The minimum Gasteiger partial charge on any atom is -0.497 e. The molecule has 152 valence electrons. The third-order valence-electron chi connectivity index (χ3n) is 4.95. The van der Waals surface area contributed by atoms with Crippen molar-refractivity contribution < 1.29 is 18.6 Å². The van der Waals surface area contributed by atoms with Gasteiger partial charge in [-0.3, -0.25) is 0 Å². The van der Waals surface area contributed by atoms with Crippen LogP contribution in [0.2, 0.25) is 5.15 Å². The van der Waals surface area contributed by atoms with Gasteiger partial charge in [0.05, 0.1) is 26.0 Å². The van der Waals surface area contributed by atoms with Gasteiger partial charge < -0.3 is 19.5 Å². The van der Waals surface area contributed by atoms with Gasteiger partial charge >= 0.3 is 0 Å². The van der Waals surface area contributed by atoms with E-state index in [1.807, 2.05) is 0 Å². The molecule has 3 aromatic rings. The second kappa shape index (κ2) is 8.39. The zero-order chi connectivity index (χ0) is 20.4. The zero-order valence-corrected chi connectivity index (χ0v) is 16.9. The second-order valence-corrected chi connectivity index (χ2v) is 7.18. The van der Waals surface area contributed by atoms with Crippen molar-refractivity contribution in [3.8, 4) is 22.8 Å². The Labute approximate surface area is 173 Å². The Morgan fingerprint density at radius 1 is 1.24 bits per heavy atom. The lowest BCUT2D eigenvalue weighted by Gasteiger charge is -2.16. The van der Waals surface area contributed by atoms with Crippen LogP contribution in [0.1, 0.15) is 12.8 Å². The lowest BCUT2D eigenvalue weighted by molar-refractivity contribution is 0.120. The summed E-state index contributed by atoms with van der Waals surface area (Å²) < 4.78 is 31.1. The molecule has 1 saturated heterocycles. The van der Waals surface area contributed by atoms with Gasteiger partial charge in [-0.2, -0.15) is 0 Å². The maximum absolute atomic E-state index is 15.0. The molecule has 1 N–H and O–H groups in total. The third kappa shape index (κ3) is 4.06. The van der Waals surface area contributed by atoms with Crippen LogP contribution in [0.4, 0.5) is 10.2 Å². The molecule has 6 nitrogen and oxygen atoms in total. The molecule has 29 heavy (non-hydrogen) atoms. The van der Waals surface area contributed by atoms with E-state index >= 15 is 4.39 Å². The van der Waals surface area contributed by atoms with Gasteiger partial charge in [-0.05, 0) is 31.0 Å². The molecule has 1 aliphatic heterocycles. The Kier molecular flexibility index (Phi) is 5.69. The quantitative estimate of drug-likeness (QED) is 0.586. The van der Waals surface area contributed by atoms with E-state index in [1.165, 1.54) is 20.3 Å². The predicted octanol–water partition coefficient (Wildman–Crippen LogP) is 4.70. The highest BCUT2D eigenvalue weighted by molar-refractivity contribution is 6.30. The fourth-order valence-corrected chi connectivity index (χ4v) is 3.59. The van der Waals surface area contributed by atoms with Gasteiger partial charge in [-0.15, -0.1) is 0 Å². The normalized spacial score (nSPS) is 16.2. The van der Waals surface area contributed by atoms with Gasteiger partial charge in [0.15, 0.2) is 11.6 Å². The summed E-state index contributed by atoms with van der Waals surface area (Å²) in [6.45, 7) is 1.38. The first-order valence-corrected chi connectivity index (χ1v) is 9.70. The number of rotatable bonds is 6. The van der Waals surface area contributed by atoms with Crippen LogP contribution in [-0.4, -0.2) is 43.4 Å². The Morgan fingerprint density at radius 3 is 2.83 bits per heavy atom. The molecule has 2 aromatic heterocycles. The summed E-state index contributed by atoms with van der Waals surface area (Å²) >= 11 is 6.09. The fraction of sp³-hybridized carbons (Fsp3) is 0.333. The van der Waals surface area contributed by atoms with Crippen molar-refractivity contribution in [1.82, 2.24) is 9.97 Å². The van der Waals surface area contributed by atoms with Gasteiger partial charge in [0, 0.05) is 41.8 Å². The van der Waals surface area contributed by atoms with E-state index < -0.39 is 5.82 Å². The molecular weight excluding hydrogens is 397 g/mol. The Morgan fingerprint density at radius 2 is 2.10 bits per heavy atom. The molecule has 3 heterocycles. The molecule has 4 rings (SSSR count). The van der Waals surface area contributed by atoms with Crippen LogP contribution >= 0.6 is 11.6 Å². The van der Waals surface area contributed by atoms with Crippen molar-refractivity contribution in [2.24, 2.45) is 0 Å². The molecule has 0 amide bonds. The van der Waals surface area contributed by atoms with E-state index in [-0.39, 0.29) is 17.4 Å². The van der Waals surface area contributed by atoms with E-state index in [1.54, 1.807) is 24.4 Å². The number of anilines is 1. The topological polar surface area (TPSA) is 65.5 Å². The molecule has 1 atom stereocenters. The lowest BCUT2D eigenvalue weighted by atomic mass is 10.1. The number of ether oxygens (including phenoxy) is 3. The van der Waals surface area contributed by atoms with Gasteiger partial charge in [0.1, 0.15) is 16.7 Å². The molecule has 0 radical (unpaired) electrons. The molecule has 0 saturated carbocycles. The van der Waals surface area contributed by atoms with E-state index in [4.69, 9.17) is 25.8 Å². The van der Waals surface area contributed by atoms with Gasteiger partial charge in [0.25, 0.3) is 0 Å². The Bertz CT molecular complexity index is 1040. The number of halogens is 2. The number of benzene rings is 1. The largest absolute Gasteiger partial charge is 0.497 e. The summed E-state index contributed by atoms with van der Waals surface area (Å²) in [5.74, 6) is 0.651. The first-order valence-electron chi connectivity index (χ1n) is 9.32. The highest BCUT2D eigenvalue weighted by Gasteiger charge is 2.19. The van der Waals surface area contributed by atoms with Crippen molar-refractivity contribution in [2.75, 3.05) is 32.7 Å². The minimum absolute atomic E-state index is 0.0874. The number of aromatic nitrogens is 2. The monoisotopic (exact) mass is 417 g/mol. The molecular formula is C21H21ClFN3O3. The molecule has 1 fully saturated rings. The second-order valence-electron chi connectivity index (χ2n) is 6.79. The van der Waals surface area contributed by atoms with E-state index in [0.29, 0.717) is 29.0 Å². The number of fused-ring (bicyclic) bond motifs is 1. The van der Waals surface area contributed by atoms with Crippen LogP contribution in [0, 0.1) is 5.82 Å². The Balaban J connectivity index is 1.82. The zero-order valence-electron chi connectivity index (χ0n) is 16.2. The van der Waals surface area contributed by atoms with Gasteiger partial charge in [-0.1, -0.05) is 11.6 Å². The average Bonchev–Trinajstić information content (AvgIpc) is 3.26. The number of nitrogens with one attached hydrogen (secondary N) is 1. The third-order valence-corrected chi connectivity index (χ3v) is 5.15. The highest BCUT2D eigenvalue weighted by atomic mass is 35.5. The highest BCUT2D eigenvalue weighted by Crippen LogP contribution is 2.36. The van der Waals surface area contributed by atoms with Crippen LogP contribution < -0.4 is 14.8 Å². The summed E-state index contributed by atoms with van der Waals surface area (Å²) in [5, 5.41) is 5.29. The van der Waals surface area contributed by atoms with Crippen molar-refractivity contribution in [3.05, 3.63) is 41.4 Å². The average molecular weight is 418 g/mol. The van der Waals surface area contributed by atoms with E-state index in [0.717, 1.165) is 30.2 Å². The predicted molar refractivity (Wildman–Crippen MR) is 111 cm³/mol. The van der Waals surface area contributed by atoms with Crippen molar-refractivity contribution in [1.29, 1.82) is 0 Å².